The van der Waals surface area contributed by atoms with Crippen molar-refractivity contribution in [3.05, 3.63) is 53.6 Å². The first kappa shape index (κ1) is 21.8. The van der Waals surface area contributed by atoms with E-state index in [0.29, 0.717) is 37.6 Å². The van der Waals surface area contributed by atoms with E-state index >= 15 is 0 Å². The number of nitrogens with zero attached hydrogens (tertiary/aromatic N) is 2. The number of carbonyl (C=O) groups is 1. The molecule has 0 aromatic heterocycles. The summed E-state index contributed by atoms with van der Waals surface area (Å²) in [7, 11) is -3.64. The second-order valence-corrected chi connectivity index (χ2v) is 10.1. The zero-order valence-electron chi connectivity index (χ0n) is 18.0. The van der Waals surface area contributed by atoms with Gasteiger partial charge in [0, 0.05) is 30.5 Å². The summed E-state index contributed by atoms with van der Waals surface area (Å²) in [6, 6.07) is 13.5. The molecule has 0 spiro atoms. The number of rotatable bonds is 5. The molecule has 31 heavy (non-hydrogen) atoms. The number of amides is 1. The van der Waals surface area contributed by atoms with Crippen LogP contribution >= 0.6 is 0 Å². The lowest BCUT2D eigenvalue weighted by molar-refractivity contribution is -0.115. The lowest BCUT2D eigenvalue weighted by atomic mass is 9.96. The van der Waals surface area contributed by atoms with Crippen LogP contribution in [0.2, 0.25) is 0 Å². The van der Waals surface area contributed by atoms with E-state index in [0.717, 1.165) is 18.5 Å². The van der Waals surface area contributed by atoms with Crippen LogP contribution in [0.5, 0.6) is 0 Å². The Bertz CT molecular complexity index is 1060. The predicted molar refractivity (Wildman–Crippen MR) is 121 cm³/mol. The zero-order valence-corrected chi connectivity index (χ0v) is 18.8. The van der Waals surface area contributed by atoms with Crippen molar-refractivity contribution in [2.45, 2.75) is 37.6 Å². The standard InChI is InChI=1S/C23H29N3O4S/c1-17-7-10-20(15-22(17)31(28,29)25-11-13-30-14-12-25)24-23(27)16-26-18(2)8-9-19-5-3-4-6-21(19)26/h3-7,10,15,18H,8-9,11-14,16H2,1-2H3,(H,24,27). The van der Waals surface area contributed by atoms with E-state index in [1.54, 1.807) is 25.1 Å². The Morgan fingerprint density at radius 2 is 1.90 bits per heavy atom. The molecule has 2 aliphatic heterocycles. The van der Waals surface area contributed by atoms with Crippen LogP contribution in [-0.2, 0) is 26.0 Å². The number of aryl methyl sites for hydroxylation is 2. The molecule has 0 bridgehead atoms. The van der Waals surface area contributed by atoms with Crippen LogP contribution in [0.3, 0.4) is 0 Å². The molecule has 166 valence electrons. The van der Waals surface area contributed by atoms with Crippen molar-refractivity contribution in [1.82, 2.24) is 4.31 Å². The average molecular weight is 444 g/mol. The summed E-state index contributed by atoms with van der Waals surface area (Å²) in [5.41, 5.74) is 3.49. The van der Waals surface area contributed by atoms with Crippen molar-refractivity contribution in [3.63, 3.8) is 0 Å². The molecule has 1 saturated heterocycles. The number of hydrogen-bond acceptors (Lipinski definition) is 5. The number of ether oxygens (including phenoxy) is 1. The van der Waals surface area contributed by atoms with Crippen molar-refractivity contribution in [2.75, 3.05) is 43.1 Å². The Balaban J connectivity index is 1.51. The summed E-state index contributed by atoms with van der Waals surface area (Å²) in [5.74, 6) is -0.165. The van der Waals surface area contributed by atoms with Crippen LogP contribution in [0.15, 0.2) is 47.4 Å². The molecule has 2 heterocycles. The Morgan fingerprint density at radius 1 is 1.16 bits per heavy atom. The number of benzene rings is 2. The summed E-state index contributed by atoms with van der Waals surface area (Å²) in [5, 5.41) is 2.89. The molecular weight excluding hydrogens is 414 g/mol. The molecule has 1 fully saturated rings. The van der Waals surface area contributed by atoms with Gasteiger partial charge in [-0.05, 0) is 56.0 Å². The predicted octanol–water partition coefficient (Wildman–Crippen LogP) is 2.80. The lowest BCUT2D eigenvalue weighted by Gasteiger charge is -2.36. The van der Waals surface area contributed by atoms with Gasteiger partial charge in [0.15, 0.2) is 0 Å². The van der Waals surface area contributed by atoms with Crippen LogP contribution < -0.4 is 10.2 Å². The normalized spacial score (nSPS) is 19.7. The van der Waals surface area contributed by atoms with E-state index in [-0.39, 0.29) is 23.4 Å². The highest BCUT2D eigenvalue weighted by Crippen LogP contribution is 2.30. The first-order valence-electron chi connectivity index (χ1n) is 10.7. The SMILES string of the molecule is Cc1ccc(NC(=O)CN2c3ccccc3CCC2C)cc1S(=O)(=O)N1CCOCC1. The van der Waals surface area contributed by atoms with E-state index in [2.05, 4.69) is 29.3 Å². The highest BCUT2D eigenvalue weighted by atomic mass is 32.2. The van der Waals surface area contributed by atoms with E-state index in [1.807, 2.05) is 12.1 Å². The molecule has 2 aliphatic rings. The van der Waals surface area contributed by atoms with Crippen molar-refractivity contribution >= 4 is 27.3 Å². The molecule has 0 radical (unpaired) electrons. The second-order valence-electron chi connectivity index (χ2n) is 8.19. The number of fused-ring (bicyclic) bond motifs is 1. The third-order valence-electron chi connectivity index (χ3n) is 6.04. The zero-order chi connectivity index (χ0) is 22.0. The van der Waals surface area contributed by atoms with Crippen LogP contribution in [0.4, 0.5) is 11.4 Å². The summed E-state index contributed by atoms with van der Waals surface area (Å²) >= 11 is 0. The smallest absolute Gasteiger partial charge is 0.243 e. The topological polar surface area (TPSA) is 79.0 Å². The average Bonchev–Trinajstić information content (AvgIpc) is 2.77. The van der Waals surface area contributed by atoms with Crippen LogP contribution in [0.25, 0.3) is 0 Å². The Hall–Kier alpha value is -2.42. The Labute approximate surface area is 184 Å². The Kier molecular flexibility index (Phi) is 6.31. The molecule has 1 atom stereocenters. The highest BCUT2D eigenvalue weighted by Gasteiger charge is 2.28. The van der Waals surface area contributed by atoms with Gasteiger partial charge in [-0.2, -0.15) is 4.31 Å². The van der Waals surface area contributed by atoms with Gasteiger partial charge < -0.3 is 15.0 Å². The molecule has 1 N–H and O–H groups in total. The molecule has 2 aromatic carbocycles. The third kappa shape index (κ3) is 4.61. The molecule has 7 nitrogen and oxygen atoms in total. The maximum atomic E-state index is 13.1. The van der Waals surface area contributed by atoms with Gasteiger partial charge in [-0.1, -0.05) is 24.3 Å². The minimum Gasteiger partial charge on any atom is -0.379 e. The molecule has 2 aromatic rings. The van der Waals surface area contributed by atoms with Gasteiger partial charge in [0.05, 0.1) is 24.7 Å². The van der Waals surface area contributed by atoms with Crippen molar-refractivity contribution in [3.8, 4) is 0 Å². The maximum absolute atomic E-state index is 13.1. The molecule has 4 rings (SSSR count). The Morgan fingerprint density at radius 3 is 2.68 bits per heavy atom. The summed E-state index contributed by atoms with van der Waals surface area (Å²) in [6.45, 7) is 5.58. The molecule has 8 heteroatoms. The minimum absolute atomic E-state index is 0.165. The van der Waals surface area contributed by atoms with Crippen molar-refractivity contribution < 1.29 is 17.9 Å². The summed E-state index contributed by atoms with van der Waals surface area (Å²) in [6.07, 6.45) is 2.01. The lowest BCUT2D eigenvalue weighted by Crippen LogP contribution is -2.42. The molecule has 1 amide bonds. The largest absolute Gasteiger partial charge is 0.379 e. The van der Waals surface area contributed by atoms with Gasteiger partial charge in [-0.15, -0.1) is 0 Å². The number of anilines is 2. The maximum Gasteiger partial charge on any atom is 0.243 e. The number of carbonyl (C=O) groups excluding carboxylic acids is 1. The quantitative estimate of drug-likeness (QED) is 0.769. The van der Waals surface area contributed by atoms with Gasteiger partial charge in [0.25, 0.3) is 0 Å². The first-order chi connectivity index (χ1) is 14.9. The van der Waals surface area contributed by atoms with Gasteiger partial charge in [-0.25, -0.2) is 8.42 Å². The van der Waals surface area contributed by atoms with Crippen LogP contribution in [0, 0.1) is 6.92 Å². The molecule has 0 aliphatic carbocycles. The van der Waals surface area contributed by atoms with Crippen LogP contribution in [-0.4, -0.2) is 57.5 Å². The van der Waals surface area contributed by atoms with Gasteiger partial charge in [0.2, 0.25) is 15.9 Å². The van der Waals surface area contributed by atoms with Gasteiger partial charge >= 0.3 is 0 Å². The summed E-state index contributed by atoms with van der Waals surface area (Å²) in [4.78, 5) is 15.2. The van der Waals surface area contributed by atoms with Crippen molar-refractivity contribution in [1.29, 1.82) is 0 Å². The highest BCUT2D eigenvalue weighted by molar-refractivity contribution is 7.89. The van der Waals surface area contributed by atoms with Crippen molar-refractivity contribution in [2.24, 2.45) is 0 Å². The van der Waals surface area contributed by atoms with Gasteiger partial charge in [-0.3, -0.25) is 4.79 Å². The number of hydrogen-bond donors (Lipinski definition) is 1. The second kappa shape index (κ2) is 8.98. The van der Waals surface area contributed by atoms with E-state index in [4.69, 9.17) is 4.74 Å². The van der Waals surface area contributed by atoms with E-state index in [1.165, 1.54) is 9.87 Å². The fourth-order valence-corrected chi connectivity index (χ4v) is 5.90. The van der Waals surface area contributed by atoms with Gasteiger partial charge in [0.1, 0.15) is 0 Å². The fraction of sp³-hybridized carbons (Fsp3) is 0.435. The monoisotopic (exact) mass is 443 g/mol. The summed E-state index contributed by atoms with van der Waals surface area (Å²) < 4.78 is 32.9. The van der Waals surface area contributed by atoms with Crippen LogP contribution in [0.1, 0.15) is 24.5 Å². The number of sulfonamides is 1. The fourth-order valence-electron chi connectivity index (χ4n) is 4.24. The molecular formula is C23H29N3O4S. The number of nitrogens with one attached hydrogen (secondary N) is 1. The number of para-hydroxylation sites is 1. The number of morpholine rings is 1. The minimum atomic E-state index is -3.64. The molecule has 1 unspecified atom stereocenters. The molecule has 0 saturated carbocycles. The third-order valence-corrected chi connectivity index (χ3v) is 8.08. The van der Waals surface area contributed by atoms with E-state index < -0.39 is 10.0 Å². The van der Waals surface area contributed by atoms with E-state index in [9.17, 15) is 13.2 Å². The first-order valence-corrected chi connectivity index (χ1v) is 12.1.